The number of imide groups is 1. The third-order valence-electron chi connectivity index (χ3n) is 4.12. The Morgan fingerprint density at radius 1 is 1.12 bits per heavy atom. The van der Waals surface area contributed by atoms with Crippen LogP contribution in [0.4, 0.5) is 0 Å². The zero-order chi connectivity index (χ0) is 17.3. The number of methoxy groups -OCH3 is 1. The lowest BCUT2D eigenvalue weighted by Crippen LogP contribution is -2.46. The number of fused-ring (bicyclic) bond motifs is 1. The number of benzene rings is 2. The highest BCUT2D eigenvalue weighted by Crippen LogP contribution is 2.31. The van der Waals surface area contributed by atoms with E-state index in [1.807, 2.05) is 31.2 Å². The summed E-state index contributed by atoms with van der Waals surface area (Å²) >= 11 is 0. The van der Waals surface area contributed by atoms with E-state index in [0.29, 0.717) is 11.1 Å². The average molecular weight is 323 g/mol. The highest BCUT2D eigenvalue weighted by atomic mass is 16.5. The van der Waals surface area contributed by atoms with E-state index >= 15 is 0 Å². The molecular formula is C19H17NO4. The van der Waals surface area contributed by atoms with Crippen molar-refractivity contribution in [2.24, 2.45) is 0 Å². The van der Waals surface area contributed by atoms with Gasteiger partial charge in [0.05, 0.1) is 13.7 Å². The highest BCUT2D eigenvalue weighted by molar-refractivity contribution is 6.17. The lowest BCUT2D eigenvalue weighted by Gasteiger charge is -2.31. The van der Waals surface area contributed by atoms with E-state index < -0.39 is 23.7 Å². The first-order valence-electron chi connectivity index (χ1n) is 7.61. The van der Waals surface area contributed by atoms with Crippen LogP contribution in [0.25, 0.3) is 0 Å². The van der Waals surface area contributed by atoms with E-state index in [1.165, 1.54) is 7.11 Å². The third kappa shape index (κ3) is 2.69. The number of rotatable bonds is 3. The van der Waals surface area contributed by atoms with Gasteiger partial charge in [-0.1, -0.05) is 48.0 Å². The minimum atomic E-state index is -1.10. The van der Waals surface area contributed by atoms with Crippen LogP contribution in [0, 0.1) is 6.92 Å². The van der Waals surface area contributed by atoms with E-state index in [9.17, 15) is 14.4 Å². The number of ether oxygens (including phenoxy) is 1. The van der Waals surface area contributed by atoms with Gasteiger partial charge in [0.2, 0.25) is 5.91 Å². The standard InChI is InChI=1S/C19H17NO4/c1-12-6-5-7-13(10-12)11-20-17(21)15-9-4-3-8-14(15)16(18(20)22)19(23)24-2/h3-10,16H,11H2,1-2H3. The summed E-state index contributed by atoms with van der Waals surface area (Å²) in [6.45, 7) is 2.07. The van der Waals surface area contributed by atoms with E-state index in [1.54, 1.807) is 24.3 Å². The van der Waals surface area contributed by atoms with Gasteiger partial charge in [-0.25, -0.2) is 0 Å². The lowest BCUT2D eigenvalue weighted by molar-refractivity contribution is -0.149. The van der Waals surface area contributed by atoms with Crippen molar-refractivity contribution in [3.05, 3.63) is 70.8 Å². The Hall–Kier alpha value is -2.95. The molecule has 5 heteroatoms. The Bertz CT molecular complexity index is 828. The predicted octanol–water partition coefficient (Wildman–Crippen LogP) is 2.43. The number of nitrogens with zero attached hydrogens (tertiary/aromatic N) is 1. The number of esters is 1. The van der Waals surface area contributed by atoms with Gasteiger partial charge < -0.3 is 4.74 Å². The van der Waals surface area contributed by atoms with Crippen molar-refractivity contribution in [1.29, 1.82) is 0 Å². The number of hydrogen-bond donors (Lipinski definition) is 0. The quantitative estimate of drug-likeness (QED) is 0.494. The topological polar surface area (TPSA) is 63.7 Å². The van der Waals surface area contributed by atoms with Gasteiger partial charge in [-0.05, 0) is 24.1 Å². The molecule has 3 rings (SSSR count). The van der Waals surface area contributed by atoms with E-state index in [-0.39, 0.29) is 6.54 Å². The van der Waals surface area contributed by atoms with Crippen molar-refractivity contribution in [2.75, 3.05) is 7.11 Å². The third-order valence-corrected chi connectivity index (χ3v) is 4.12. The number of hydrogen-bond acceptors (Lipinski definition) is 4. The first-order valence-corrected chi connectivity index (χ1v) is 7.61. The van der Waals surface area contributed by atoms with Crippen LogP contribution < -0.4 is 0 Å². The maximum atomic E-state index is 12.8. The summed E-state index contributed by atoms with van der Waals surface area (Å²) in [4.78, 5) is 38.8. The summed E-state index contributed by atoms with van der Waals surface area (Å²) in [6, 6.07) is 14.2. The molecule has 0 saturated carbocycles. The zero-order valence-corrected chi connectivity index (χ0v) is 13.5. The van der Waals surface area contributed by atoms with Gasteiger partial charge in [0.1, 0.15) is 0 Å². The second kappa shape index (κ2) is 6.28. The summed E-state index contributed by atoms with van der Waals surface area (Å²) in [7, 11) is 1.24. The fourth-order valence-electron chi connectivity index (χ4n) is 2.97. The van der Waals surface area contributed by atoms with Crippen LogP contribution in [-0.2, 0) is 20.9 Å². The van der Waals surface area contributed by atoms with Crippen LogP contribution in [0.2, 0.25) is 0 Å². The molecule has 24 heavy (non-hydrogen) atoms. The van der Waals surface area contributed by atoms with Crippen LogP contribution in [-0.4, -0.2) is 29.8 Å². The number of aryl methyl sites for hydroxylation is 1. The van der Waals surface area contributed by atoms with E-state index in [4.69, 9.17) is 4.74 Å². The second-order valence-corrected chi connectivity index (χ2v) is 5.76. The van der Waals surface area contributed by atoms with Gasteiger partial charge in [-0.2, -0.15) is 0 Å². The largest absolute Gasteiger partial charge is 0.468 e. The number of amides is 2. The monoisotopic (exact) mass is 323 g/mol. The minimum Gasteiger partial charge on any atom is -0.468 e. The molecule has 0 saturated heterocycles. The van der Waals surface area contributed by atoms with E-state index in [2.05, 4.69) is 0 Å². The molecule has 0 aromatic heterocycles. The number of carbonyl (C=O) groups excluding carboxylic acids is 3. The molecule has 2 aromatic carbocycles. The van der Waals surface area contributed by atoms with Gasteiger partial charge in [-0.3, -0.25) is 19.3 Å². The van der Waals surface area contributed by atoms with Gasteiger partial charge in [0, 0.05) is 5.56 Å². The Kier molecular flexibility index (Phi) is 4.16. The first kappa shape index (κ1) is 15.9. The van der Waals surface area contributed by atoms with Crippen molar-refractivity contribution >= 4 is 17.8 Å². The molecular weight excluding hydrogens is 306 g/mol. The Balaban J connectivity index is 2.03. The van der Waals surface area contributed by atoms with Gasteiger partial charge in [-0.15, -0.1) is 0 Å². The Morgan fingerprint density at radius 2 is 1.88 bits per heavy atom. The molecule has 122 valence electrons. The molecule has 0 radical (unpaired) electrons. The molecule has 2 amide bonds. The van der Waals surface area contributed by atoms with Gasteiger partial charge in [0.15, 0.2) is 5.92 Å². The molecule has 0 aliphatic carbocycles. The summed E-state index contributed by atoms with van der Waals surface area (Å²) in [5.74, 6) is -2.70. The smallest absolute Gasteiger partial charge is 0.322 e. The fourth-order valence-corrected chi connectivity index (χ4v) is 2.97. The fraction of sp³-hybridized carbons (Fsp3) is 0.211. The molecule has 1 aliphatic heterocycles. The highest BCUT2D eigenvalue weighted by Gasteiger charge is 2.43. The minimum absolute atomic E-state index is 0.126. The lowest BCUT2D eigenvalue weighted by atomic mass is 9.88. The normalized spacial score (nSPS) is 16.8. The first-order chi connectivity index (χ1) is 11.5. The van der Waals surface area contributed by atoms with Crippen LogP contribution in [0.3, 0.4) is 0 Å². The van der Waals surface area contributed by atoms with Crippen LogP contribution in [0.1, 0.15) is 33.0 Å². The molecule has 0 bridgehead atoms. The van der Waals surface area contributed by atoms with Crippen LogP contribution in [0.15, 0.2) is 48.5 Å². The van der Waals surface area contributed by atoms with Crippen molar-refractivity contribution < 1.29 is 19.1 Å². The number of carbonyl (C=O) groups is 3. The second-order valence-electron chi connectivity index (χ2n) is 5.76. The summed E-state index contributed by atoms with van der Waals surface area (Å²) in [5, 5.41) is 0. The Labute approximate surface area is 139 Å². The maximum absolute atomic E-state index is 12.8. The molecule has 1 atom stereocenters. The molecule has 2 aromatic rings. The van der Waals surface area contributed by atoms with Crippen molar-refractivity contribution in [3.8, 4) is 0 Å². The summed E-state index contributed by atoms with van der Waals surface area (Å²) in [6.07, 6.45) is 0. The van der Waals surface area contributed by atoms with Crippen LogP contribution >= 0.6 is 0 Å². The average Bonchev–Trinajstić information content (AvgIpc) is 2.58. The molecule has 0 fully saturated rings. The van der Waals surface area contributed by atoms with Gasteiger partial charge >= 0.3 is 5.97 Å². The molecule has 0 spiro atoms. The molecule has 1 unspecified atom stereocenters. The van der Waals surface area contributed by atoms with Gasteiger partial charge in [0.25, 0.3) is 5.91 Å². The summed E-state index contributed by atoms with van der Waals surface area (Å²) < 4.78 is 4.77. The SMILES string of the molecule is COC(=O)C1C(=O)N(Cc2cccc(C)c2)C(=O)c2ccccc21. The molecule has 1 heterocycles. The predicted molar refractivity (Wildman–Crippen MR) is 87.3 cm³/mol. The zero-order valence-electron chi connectivity index (χ0n) is 13.5. The maximum Gasteiger partial charge on any atom is 0.322 e. The van der Waals surface area contributed by atoms with Crippen molar-refractivity contribution in [3.63, 3.8) is 0 Å². The van der Waals surface area contributed by atoms with Crippen LogP contribution in [0.5, 0.6) is 0 Å². The van der Waals surface area contributed by atoms with E-state index in [0.717, 1.165) is 16.0 Å². The summed E-state index contributed by atoms with van der Waals surface area (Å²) in [5.41, 5.74) is 2.63. The molecule has 1 aliphatic rings. The van der Waals surface area contributed by atoms with Crippen molar-refractivity contribution in [2.45, 2.75) is 19.4 Å². The molecule has 5 nitrogen and oxygen atoms in total. The van der Waals surface area contributed by atoms with Crippen molar-refractivity contribution in [1.82, 2.24) is 4.90 Å². The Morgan fingerprint density at radius 3 is 2.58 bits per heavy atom. The molecule has 0 N–H and O–H groups in total.